The number of hydrogen-bond donors (Lipinski definition) is 1. The van der Waals surface area contributed by atoms with Crippen LogP contribution in [0.5, 0.6) is 5.75 Å². The molecule has 28 heavy (non-hydrogen) atoms. The van der Waals surface area contributed by atoms with Gasteiger partial charge in [0.15, 0.2) is 5.69 Å². The Morgan fingerprint density at radius 2 is 1.68 bits per heavy atom. The van der Waals surface area contributed by atoms with Gasteiger partial charge in [-0.15, -0.1) is 0 Å². The van der Waals surface area contributed by atoms with Crippen molar-refractivity contribution < 1.29 is 17.9 Å². The zero-order chi connectivity index (χ0) is 20.3. The topological polar surface area (TPSA) is 93.5 Å². The molecule has 3 aromatic rings. The number of rotatable bonds is 6. The lowest BCUT2D eigenvalue weighted by molar-refractivity contribution is 0.102. The van der Waals surface area contributed by atoms with Crippen LogP contribution in [0.3, 0.4) is 0 Å². The number of amides is 1. The van der Waals surface area contributed by atoms with Crippen molar-refractivity contribution in [2.24, 2.45) is 0 Å². The zero-order valence-electron chi connectivity index (χ0n) is 15.7. The highest BCUT2D eigenvalue weighted by Gasteiger charge is 2.17. The standard InChI is InChI=1S/C19H20N4O4S/c1-22(2)28(25,26)17-10-4-14(5-11-17)20-19(24)18-12-13-23(21-18)15-6-8-16(27-3)9-7-15/h4-13H,1-3H3,(H,20,24). The fraction of sp³-hybridized carbons (Fsp3) is 0.158. The van der Waals surface area contributed by atoms with E-state index in [-0.39, 0.29) is 10.6 Å². The molecular weight excluding hydrogens is 380 g/mol. The van der Waals surface area contributed by atoms with Crippen LogP contribution in [0, 0.1) is 0 Å². The van der Waals surface area contributed by atoms with Crippen molar-refractivity contribution >= 4 is 21.6 Å². The van der Waals surface area contributed by atoms with Gasteiger partial charge in [-0.1, -0.05) is 0 Å². The third-order valence-corrected chi connectivity index (χ3v) is 5.88. The molecule has 1 N–H and O–H groups in total. The van der Waals surface area contributed by atoms with Gasteiger partial charge < -0.3 is 10.1 Å². The molecule has 0 spiro atoms. The van der Waals surface area contributed by atoms with E-state index in [1.807, 2.05) is 12.1 Å². The summed E-state index contributed by atoms with van der Waals surface area (Å²) in [7, 11) is 1.01. The minimum atomic E-state index is -3.51. The summed E-state index contributed by atoms with van der Waals surface area (Å²) in [5.74, 6) is 0.337. The maximum absolute atomic E-state index is 12.4. The molecule has 0 unspecified atom stereocenters. The molecule has 0 fully saturated rings. The highest BCUT2D eigenvalue weighted by atomic mass is 32.2. The average Bonchev–Trinajstić information content (AvgIpc) is 3.19. The number of nitrogens with zero attached hydrogens (tertiary/aromatic N) is 3. The Bertz CT molecular complexity index is 1070. The Morgan fingerprint density at radius 3 is 2.25 bits per heavy atom. The van der Waals surface area contributed by atoms with Gasteiger partial charge in [0.05, 0.1) is 17.7 Å². The molecular formula is C19H20N4O4S. The van der Waals surface area contributed by atoms with Crippen molar-refractivity contribution in [2.45, 2.75) is 4.90 Å². The lowest BCUT2D eigenvalue weighted by atomic mass is 10.3. The Labute approximate surface area is 163 Å². The van der Waals surface area contributed by atoms with Crippen LogP contribution in [-0.2, 0) is 10.0 Å². The number of carbonyl (C=O) groups is 1. The number of ether oxygens (including phenoxy) is 1. The van der Waals surface area contributed by atoms with E-state index in [2.05, 4.69) is 10.4 Å². The molecule has 1 aromatic heterocycles. The first kappa shape index (κ1) is 19.6. The predicted octanol–water partition coefficient (Wildman–Crippen LogP) is 2.38. The van der Waals surface area contributed by atoms with Crippen LogP contribution >= 0.6 is 0 Å². The quantitative estimate of drug-likeness (QED) is 0.686. The Morgan fingerprint density at radius 1 is 1.04 bits per heavy atom. The van der Waals surface area contributed by atoms with E-state index < -0.39 is 15.9 Å². The molecule has 0 aliphatic rings. The van der Waals surface area contributed by atoms with Crippen LogP contribution in [0.25, 0.3) is 5.69 Å². The molecule has 0 atom stereocenters. The third-order valence-electron chi connectivity index (χ3n) is 4.05. The van der Waals surface area contributed by atoms with E-state index in [4.69, 9.17) is 4.74 Å². The average molecular weight is 400 g/mol. The highest BCUT2D eigenvalue weighted by Crippen LogP contribution is 2.18. The molecule has 9 heteroatoms. The summed E-state index contributed by atoms with van der Waals surface area (Å²) in [5.41, 5.74) is 1.50. The SMILES string of the molecule is COc1ccc(-n2ccc(C(=O)Nc3ccc(S(=O)(=O)N(C)C)cc3)n2)cc1. The normalized spacial score (nSPS) is 11.4. The molecule has 0 saturated carbocycles. The summed E-state index contributed by atoms with van der Waals surface area (Å²) in [6.07, 6.45) is 1.68. The van der Waals surface area contributed by atoms with E-state index in [1.165, 1.54) is 38.4 Å². The number of hydrogen-bond acceptors (Lipinski definition) is 5. The molecule has 0 aliphatic carbocycles. The molecule has 146 valence electrons. The van der Waals surface area contributed by atoms with Crippen molar-refractivity contribution in [3.8, 4) is 11.4 Å². The van der Waals surface area contributed by atoms with E-state index >= 15 is 0 Å². The van der Waals surface area contributed by atoms with Crippen molar-refractivity contribution in [3.63, 3.8) is 0 Å². The van der Waals surface area contributed by atoms with Gasteiger partial charge in [0.2, 0.25) is 10.0 Å². The minimum absolute atomic E-state index is 0.152. The third kappa shape index (κ3) is 4.05. The number of methoxy groups -OCH3 is 1. The molecule has 0 bridgehead atoms. The number of anilines is 1. The summed E-state index contributed by atoms with van der Waals surface area (Å²) in [5, 5.41) is 6.98. The molecule has 1 heterocycles. The van der Waals surface area contributed by atoms with Crippen molar-refractivity contribution in [1.82, 2.24) is 14.1 Å². The van der Waals surface area contributed by atoms with Crippen LogP contribution in [0.1, 0.15) is 10.5 Å². The number of nitrogens with one attached hydrogen (secondary N) is 1. The van der Waals surface area contributed by atoms with Crippen LogP contribution in [0.15, 0.2) is 65.7 Å². The van der Waals surface area contributed by atoms with Crippen molar-refractivity contribution in [3.05, 3.63) is 66.5 Å². The lowest BCUT2D eigenvalue weighted by Crippen LogP contribution is -2.22. The van der Waals surface area contributed by atoms with Gasteiger partial charge in [-0.05, 0) is 54.6 Å². The van der Waals surface area contributed by atoms with E-state index in [9.17, 15) is 13.2 Å². The fourth-order valence-electron chi connectivity index (χ4n) is 2.44. The largest absolute Gasteiger partial charge is 0.497 e. The summed E-state index contributed by atoms with van der Waals surface area (Å²) in [4.78, 5) is 12.6. The first-order chi connectivity index (χ1) is 13.3. The summed E-state index contributed by atoms with van der Waals surface area (Å²) < 4.78 is 32.0. The van der Waals surface area contributed by atoms with E-state index in [0.717, 1.165) is 15.7 Å². The second-order valence-corrected chi connectivity index (χ2v) is 8.26. The Kier molecular flexibility index (Phi) is 5.48. The summed E-state index contributed by atoms with van der Waals surface area (Å²) in [6, 6.07) is 14.8. The molecule has 2 aromatic carbocycles. The first-order valence-corrected chi connectivity index (χ1v) is 9.79. The smallest absolute Gasteiger partial charge is 0.276 e. The van der Waals surface area contributed by atoms with Gasteiger partial charge in [-0.25, -0.2) is 17.4 Å². The van der Waals surface area contributed by atoms with E-state index in [1.54, 1.807) is 36.2 Å². The number of aromatic nitrogens is 2. The predicted molar refractivity (Wildman–Crippen MR) is 105 cm³/mol. The molecule has 8 nitrogen and oxygen atoms in total. The van der Waals surface area contributed by atoms with E-state index in [0.29, 0.717) is 5.69 Å². The fourth-order valence-corrected chi connectivity index (χ4v) is 3.34. The van der Waals surface area contributed by atoms with Gasteiger partial charge in [0, 0.05) is 26.0 Å². The maximum atomic E-state index is 12.4. The molecule has 3 rings (SSSR count). The van der Waals surface area contributed by atoms with Gasteiger partial charge in [0.1, 0.15) is 5.75 Å². The molecule has 0 saturated heterocycles. The van der Waals surface area contributed by atoms with Crippen molar-refractivity contribution in [1.29, 1.82) is 0 Å². The first-order valence-electron chi connectivity index (χ1n) is 8.35. The second-order valence-electron chi connectivity index (χ2n) is 6.11. The number of sulfonamides is 1. The molecule has 0 radical (unpaired) electrons. The Hall–Kier alpha value is -3.17. The van der Waals surface area contributed by atoms with Crippen LogP contribution in [0.4, 0.5) is 5.69 Å². The van der Waals surface area contributed by atoms with Gasteiger partial charge in [-0.2, -0.15) is 5.10 Å². The molecule has 1 amide bonds. The van der Waals surface area contributed by atoms with Gasteiger partial charge in [-0.3, -0.25) is 4.79 Å². The van der Waals surface area contributed by atoms with Crippen molar-refractivity contribution in [2.75, 3.05) is 26.5 Å². The second kappa shape index (κ2) is 7.83. The number of carbonyl (C=O) groups excluding carboxylic acids is 1. The molecule has 0 aliphatic heterocycles. The van der Waals surface area contributed by atoms with Crippen LogP contribution in [-0.4, -0.2) is 49.6 Å². The summed E-state index contributed by atoms with van der Waals surface area (Å²) in [6.45, 7) is 0. The zero-order valence-corrected chi connectivity index (χ0v) is 16.5. The lowest BCUT2D eigenvalue weighted by Gasteiger charge is -2.11. The van der Waals surface area contributed by atoms with Gasteiger partial charge >= 0.3 is 0 Å². The highest BCUT2D eigenvalue weighted by molar-refractivity contribution is 7.89. The van der Waals surface area contributed by atoms with Crippen LogP contribution < -0.4 is 10.1 Å². The minimum Gasteiger partial charge on any atom is -0.497 e. The van der Waals surface area contributed by atoms with Gasteiger partial charge in [0.25, 0.3) is 5.91 Å². The van der Waals surface area contributed by atoms with Crippen LogP contribution in [0.2, 0.25) is 0 Å². The maximum Gasteiger partial charge on any atom is 0.276 e. The summed E-state index contributed by atoms with van der Waals surface area (Å²) >= 11 is 0. The Balaban J connectivity index is 1.72. The number of benzene rings is 2. The monoisotopic (exact) mass is 400 g/mol.